The second kappa shape index (κ2) is 9.30. The third-order valence-electron chi connectivity index (χ3n) is 5.69. The number of benzene rings is 1. The number of hydrazine groups is 1. The van der Waals surface area contributed by atoms with Gasteiger partial charge in [0.2, 0.25) is 18.6 Å². The molecule has 1 unspecified atom stereocenters. The number of carboxylic acids is 1. The van der Waals surface area contributed by atoms with E-state index in [4.69, 9.17) is 9.47 Å². The third-order valence-corrected chi connectivity index (χ3v) is 6.69. The molecule has 0 aliphatic carbocycles. The summed E-state index contributed by atoms with van der Waals surface area (Å²) in [5, 5.41) is 13.1. The van der Waals surface area contributed by atoms with Gasteiger partial charge in [-0.15, -0.1) is 0 Å². The minimum Gasteiger partial charge on any atom is -0.480 e. The average molecular weight is 477 g/mol. The molecule has 3 amide bonds. The fourth-order valence-corrected chi connectivity index (χ4v) is 4.99. The number of nitrogens with zero attached hydrogens (tertiary/aromatic N) is 2. The highest BCUT2D eigenvalue weighted by Crippen LogP contribution is 2.33. The van der Waals surface area contributed by atoms with E-state index >= 15 is 0 Å². The summed E-state index contributed by atoms with van der Waals surface area (Å²) in [7, 11) is 0. The predicted molar refractivity (Wildman–Crippen MR) is 114 cm³/mol. The van der Waals surface area contributed by atoms with Crippen molar-refractivity contribution < 1.29 is 38.6 Å². The van der Waals surface area contributed by atoms with Crippen molar-refractivity contribution in [2.45, 2.75) is 49.9 Å². The Morgan fingerprint density at radius 3 is 2.70 bits per heavy atom. The molecule has 0 saturated carbocycles. The van der Waals surface area contributed by atoms with Crippen LogP contribution in [0.15, 0.2) is 18.2 Å². The largest absolute Gasteiger partial charge is 0.480 e. The Labute approximate surface area is 193 Å². The summed E-state index contributed by atoms with van der Waals surface area (Å²) < 4.78 is 10.6. The number of carbonyl (C=O) groups excluding carboxylic acids is 4. The van der Waals surface area contributed by atoms with E-state index in [1.165, 1.54) is 6.92 Å². The molecule has 4 rings (SSSR count). The number of carbonyl (C=O) groups is 5. The van der Waals surface area contributed by atoms with Gasteiger partial charge in [-0.3, -0.25) is 24.2 Å². The first-order chi connectivity index (χ1) is 15.7. The van der Waals surface area contributed by atoms with Crippen LogP contribution in [0.25, 0.3) is 0 Å². The minimum absolute atomic E-state index is 0.00773. The number of ether oxygens (including phenoxy) is 2. The summed E-state index contributed by atoms with van der Waals surface area (Å²) in [5.74, 6) is -1.62. The number of nitrogens with one attached hydrogen (secondary N) is 1. The lowest BCUT2D eigenvalue weighted by atomic mass is 10.1. The van der Waals surface area contributed by atoms with E-state index in [0.717, 1.165) is 27.3 Å². The molecule has 0 bridgehead atoms. The molecule has 11 nitrogen and oxygen atoms in total. The second-order valence-electron chi connectivity index (χ2n) is 7.93. The number of amides is 3. The number of hydrogen-bond donors (Lipinski definition) is 2. The molecule has 2 fully saturated rings. The van der Waals surface area contributed by atoms with Gasteiger partial charge in [0.1, 0.15) is 6.04 Å². The van der Waals surface area contributed by atoms with Crippen LogP contribution >= 0.6 is 11.8 Å². The zero-order valence-electron chi connectivity index (χ0n) is 17.8. The van der Waals surface area contributed by atoms with Crippen LogP contribution in [-0.4, -0.2) is 74.6 Å². The summed E-state index contributed by atoms with van der Waals surface area (Å²) in [4.78, 5) is 62.0. The predicted octanol–water partition coefficient (Wildman–Crippen LogP) is 0.314. The first kappa shape index (κ1) is 22.9. The highest BCUT2D eigenvalue weighted by atomic mass is 32.2. The Morgan fingerprint density at radius 1 is 1.21 bits per heavy atom. The molecule has 2 N–H and O–H groups in total. The Kier molecular flexibility index (Phi) is 6.45. The van der Waals surface area contributed by atoms with Crippen LogP contribution in [-0.2, 0) is 30.4 Å². The number of thioether (sulfide) groups is 1. The van der Waals surface area contributed by atoms with Gasteiger partial charge in [-0.05, 0) is 30.5 Å². The van der Waals surface area contributed by atoms with Crippen LogP contribution in [0.2, 0.25) is 0 Å². The van der Waals surface area contributed by atoms with Crippen molar-refractivity contribution in [1.82, 2.24) is 15.3 Å². The number of carboxylic acid groups (broad SMARTS) is 1. The molecule has 0 spiro atoms. The first-order valence-electron chi connectivity index (χ1n) is 10.5. The molecule has 0 radical (unpaired) electrons. The quantitative estimate of drug-likeness (QED) is 0.592. The molecule has 0 aromatic heterocycles. The fraction of sp³-hybridized carbons (Fsp3) is 0.476. The van der Waals surface area contributed by atoms with Crippen molar-refractivity contribution in [1.29, 1.82) is 0 Å². The molecule has 33 heavy (non-hydrogen) atoms. The maximum atomic E-state index is 13.1. The van der Waals surface area contributed by atoms with Gasteiger partial charge >= 0.3 is 5.97 Å². The van der Waals surface area contributed by atoms with E-state index in [2.05, 4.69) is 5.32 Å². The molecule has 3 aliphatic heterocycles. The SMILES string of the molecule is CC(=O)S[C@@H](Cc1ccc2c(c1)OCO2)C(=O)NC1CCC(=O)N2CC[C@@H](C(=O)O)N2C1=O. The van der Waals surface area contributed by atoms with Crippen molar-refractivity contribution in [3.05, 3.63) is 23.8 Å². The molecular weight excluding hydrogens is 454 g/mol. The maximum absolute atomic E-state index is 13.1. The van der Waals surface area contributed by atoms with E-state index < -0.39 is 35.1 Å². The summed E-state index contributed by atoms with van der Waals surface area (Å²) in [6.45, 7) is 1.59. The highest BCUT2D eigenvalue weighted by Gasteiger charge is 2.47. The van der Waals surface area contributed by atoms with Gasteiger partial charge in [0, 0.05) is 26.3 Å². The Balaban J connectivity index is 1.50. The molecular formula is C21H23N3O8S. The van der Waals surface area contributed by atoms with Gasteiger partial charge in [0.15, 0.2) is 22.7 Å². The maximum Gasteiger partial charge on any atom is 0.328 e. The summed E-state index contributed by atoms with van der Waals surface area (Å²) >= 11 is 0.837. The zero-order valence-corrected chi connectivity index (χ0v) is 18.6. The third kappa shape index (κ3) is 4.75. The molecule has 2 saturated heterocycles. The van der Waals surface area contributed by atoms with Gasteiger partial charge < -0.3 is 19.9 Å². The molecule has 3 atom stereocenters. The number of aliphatic carboxylic acids is 1. The van der Waals surface area contributed by atoms with Crippen molar-refractivity contribution in [2.75, 3.05) is 13.3 Å². The van der Waals surface area contributed by atoms with E-state index in [1.54, 1.807) is 18.2 Å². The van der Waals surface area contributed by atoms with Crippen LogP contribution < -0.4 is 14.8 Å². The molecule has 1 aromatic carbocycles. The first-order valence-corrected chi connectivity index (χ1v) is 11.3. The Bertz CT molecular complexity index is 1020. The lowest BCUT2D eigenvalue weighted by Gasteiger charge is -2.30. The van der Waals surface area contributed by atoms with Crippen molar-refractivity contribution >= 4 is 40.6 Å². The normalized spacial score (nSPS) is 22.6. The monoisotopic (exact) mass is 477 g/mol. The lowest BCUT2D eigenvalue weighted by molar-refractivity contribution is -0.166. The number of rotatable bonds is 6. The smallest absolute Gasteiger partial charge is 0.328 e. The van der Waals surface area contributed by atoms with Gasteiger partial charge in [0.05, 0.1) is 5.25 Å². The fourth-order valence-electron chi connectivity index (χ4n) is 4.14. The molecule has 1 aromatic rings. The van der Waals surface area contributed by atoms with Crippen molar-refractivity contribution in [2.24, 2.45) is 0 Å². The number of fused-ring (bicyclic) bond motifs is 2. The summed E-state index contributed by atoms with van der Waals surface area (Å²) in [5.41, 5.74) is 0.743. The number of hydrogen-bond acceptors (Lipinski definition) is 8. The average Bonchev–Trinajstić information content (AvgIpc) is 3.39. The Morgan fingerprint density at radius 2 is 1.97 bits per heavy atom. The molecule has 12 heteroatoms. The van der Waals surface area contributed by atoms with Crippen LogP contribution in [0.5, 0.6) is 11.5 Å². The van der Waals surface area contributed by atoms with E-state index in [0.29, 0.717) is 11.5 Å². The standard InChI is InChI=1S/C21H23N3O8S/c1-11(25)33-17(9-12-2-4-15-16(8-12)32-10-31-15)19(27)22-13-3-5-18(26)23-7-6-14(21(29)30)24(23)20(13)28/h2,4,8,13-14,17H,3,5-7,9-10H2,1H3,(H,22,27)(H,29,30)/t13?,14-,17-/m0/s1. The van der Waals surface area contributed by atoms with Crippen LogP contribution in [0.4, 0.5) is 0 Å². The van der Waals surface area contributed by atoms with E-state index in [1.807, 2.05) is 0 Å². The minimum atomic E-state index is -1.21. The molecule has 3 heterocycles. The van der Waals surface area contributed by atoms with Gasteiger partial charge in [-0.25, -0.2) is 9.80 Å². The van der Waals surface area contributed by atoms with Gasteiger partial charge in [0.25, 0.3) is 5.91 Å². The molecule has 176 valence electrons. The lowest BCUT2D eigenvalue weighted by Crippen LogP contribution is -2.55. The van der Waals surface area contributed by atoms with Crippen molar-refractivity contribution in [3.8, 4) is 11.5 Å². The zero-order chi connectivity index (χ0) is 23.7. The van der Waals surface area contributed by atoms with E-state index in [-0.39, 0.29) is 50.0 Å². The topological polar surface area (TPSA) is 143 Å². The van der Waals surface area contributed by atoms with Crippen LogP contribution in [0.3, 0.4) is 0 Å². The Hall–Kier alpha value is -3.28. The van der Waals surface area contributed by atoms with Crippen LogP contribution in [0, 0.1) is 0 Å². The molecule has 3 aliphatic rings. The van der Waals surface area contributed by atoms with Gasteiger partial charge in [-0.1, -0.05) is 17.8 Å². The van der Waals surface area contributed by atoms with Crippen molar-refractivity contribution in [3.63, 3.8) is 0 Å². The van der Waals surface area contributed by atoms with Crippen LogP contribution in [0.1, 0.15) is 31.7 Å². The summed E-state index contributed by atoms with van der Waals surface area (Å²) in [6.07, 6.45) is 0.358. The van der Waals surface area contributed by atoms with E-state index in [9.17, 15) is 29.1 Å². The van der Waals surface area contributed by atoms with Gasteiger partial charge in [-0.2, -0.15) is 0 Å². The second-order valence-corrected chi connectivity index (χ2v) is 9.31. The summed E-state index contributed by atoms with van der Waals surface area (Å²) in [6, 6.07) is 3.00. The highest BCUT2D eigenvalue weighted by molar-refractivity contribution is 8.14.